The van der Waals surface area contributed by atoms with Crippen molar-refractivity contribution in [2.24, 2.45) is 5.73 Å². The molecule has 17 heavy (non-hydrogen) atoms. The number of nitrogens with two attached hydrogens (primary N) is 1. The van der Waals surface area contributed by atoms with Gasteiger partial charge in [0.15, 0.2) is 9.84 Å². The molecule has 2 N–H and O–H groups in total. The third-order valence-corrected chi connectivity index (χ3v) is 5.49. The minimum atomic E-state index is -3.15. The van der Waals surface area contributed by atoms with Gasteiger partial charge in [0.1, 0.15) is 0 Å². The summed E-state index contributed by atoms with van der Waals surface area (Å²) in [6.45, 7) is 3.39. The molecule has 1 saturated carbocycles. The fraction of sp³-hybridized carbons (Fsp3) is 0.538. The highest BCUT2D eigenvalue weighted by molar-refractivity contribution is 7.92. The van der Waals surface area contributed by atoms with Crippen molar-refractivity contribution >= 4 is 9.84 Å². The van der Waals surface area contributed by atoms with Gasteiger partial charge in [0.2, 0.25) is 0 Å². The van der Waals surface area contributed by atoms with Crippen molar-refractivity contribution in [1.82, 2.24) is 0 Å². The smallest absolute Gasteiger partial charge is 0.180 e. The first-order valence-corrected chi connectivity index (χ1v) is 7.50. The molecule has 1 aliphatic carbocycles. The summed E-state index contributed by atoms with van der Waals surface area (Å²) < 4.78 is 23.8. The Morgan fingerprint density at radius 2 is 1.76 bits per heavy atom. The van der Waals surface area contributed by atoms with Gasteiger partial charge in [-0.15, -0.1) is 0 Å². The Bertz CT molecular complexity index is 499. The van der Waals surface area contributed by atoms with Crippen molar-refractivity contribution in [3.8, 4) is 0 Å². The van der Waals surface area contributed by atoms with Crippen LogP contribution in [0.15, 0.2) is 29.2 Å². The van der Waals surface area contributed by atoms with Crippen LogP contribution < -0.4 is 5.73 Å². The molecule has 0 aromatic heterocycles. The molecule has 0 heterocycles. The van der Waals surface area contributed by atoms with Gasteiger partial charge in [-0.1, -0.05) is 12.1 Å². The normalized spacial score (nSPS) is 18.4. The molecule has 0 atom stereocenters. The maximum absolute atomic E-state index is 11.9. The van der Waals surface area contributed by atoms with Gasteiger partial charge in [-0.25, -0.2) is 8.42 Å². The highest BCUT2D eigenvalue weighted by Gasteiger charge is 2.37. The van der Waals surface area contributed by atoms with Crippen molar-refractivity contribution in [3.63, 3.8) is 0 Å². The summed E-state index contributed by atoms with van der Waals surface area (Å²) >= 11 is 0. The van der Waals surface area contributed by atoms with Crippen LogP contribution in [0.5, 0.6) is 0 Å². The van der Waals surface area contributed by atoms with Crippen molar-refractivity contribution < 1.29 is 8.42 Å². The molecule has 0 amide bonds. The minimum absolute atomic E-state index is 0.0293. The summed E-state index contributed by atoms with van der Waals surface area (Å²) in [5.41, 5.74) is 7.12. The van der Waals surface area contributed by atoms with E-state index < -0.39 is 9.84 Å². The van der Waals surface area contributed by atoms with E-state index in [1.54, 1.807) is 26.0 Å². The molecule has 0 saturated heterocycles. The van der Waals surface area contributed by atoms with Crippen LogP contribution in [0.2, 0.25) is 0 Å². The zero-order valence-electron chi connectivity index (χ0n) is 10.3. The van der Waals surface area contributed by atoms with Crippen LogP contribution in [0.3, 0.4) is 0 Å². The first-order valence-electron chi connectivity index (χ1n) is 5.95. The molecule has 94 valence electrons. The van der Waals surface area contributed by atoms with Gasteiger partial charge < -0.3 is 5.73 Å². The number of hydrogen-bond acceptors (Lipinski definition) is 3. The fourth-order valence-corrected chi connectivity index (χ4v) is 2.87. The molecule has 1 fully saturated rings. The Labute approximate surface area is 103 Å². The van der Waals surface area contributed by atoms with E-state index in [1.807, 2.05) is 12.1 Å². The lowest BCUT2D eigenvalue weighted by Crippen LogP contribution is -2.24. The SMILES string of the molecule is CC(C)S(=O)(=O)c1ccc(CC2(N)CC2)cc1. The van der Waals surface area contributed by atoms with Crippen LogP contribution in [0, 0.1) is 0 Å². The summed E-state index contributed by atoms with van der Waals surface area (Å²) in [7, 11) is -3.15. The monoisotopic (exact) mass is 253 g/mol. The topological polar surface area (TPSA) is 60.2 Å². The number of hydrogen-bond donors (Lipinski definition) is 1. The minimum Gasteiger partial charge on any atom is -0.325 e. The zero-order chi connectivity index (χ0) is 12.7. The van der Waals surface area contributed by atoms with Crippen LogP contribution in [-0.4, -0.2) is 19.2 Å². The van der Waals surface area contributed by atoms with E-state index in [4.69, 9.17) is 5.73 Å². The van der Waals surface area contributed by atoms with E-state index in [2.05, 4.69) is 0 Å². The van der Waals surface area contributed by atoms with Gasteiger partial charge in [-0.3, -0.25) is 0 Å². The van der Waals surface area contributed by atoms with Gasteiger partial charge in [-0.2, -0.15) is 0 Å². The van der Waals surface area contributed by atoms with Gasteiger partial charge in [0.05, 0.1) is 10.1 Å². The summed E-state index contributed by atoms with van der Waals surface area (Å²) in [4.78, 5) is 0.401. The van der Waals surface area contributed by atoms with Crippen molar-refractivity contribution in [1.29, 1.82) is 0 Å². The predicted molar refractivity (Wildman–Crippen MR) is 68.6 cm³/mol. The molecule has 1 aliphatic rings. The van der Waals surface area contributed by atoms with Gasteiger partial charge in [0, 0.05) is 5.54 Å². The molecule has 0 bridgehead atoms. The van der Waals surface area contributed by atoms with Gasteiger partial charge in [0.25, 0.3) is 0 Å². The van der Waals surface area contributed by atoms with E-state index in [0.717, 1.165) is 24.8 Å². The van der Waals surface area contributed by atoms with Crippen molar-refractivity contribution in [3.05, 3.63) is 29.8 Å². The third-order valence-electron chi connectivity index (χ3n) is 3.32. The van der Waals surface area contributed by atoms with E-state index in [-0.39, 0.29) is 10.8 Å². The number of rotatable bonds is 4. The molecule has 0 radical (unpaired) electrons. The Balaban J connectivity index is 2.18. The molecular formula is C13H19NO2S. The molecule has 1 aromatic carbocycles. The predicted octanol–water partition coefficient (Wildman–Crippen LogP) is 1.90. The molecule has 4 heteroatoms. The quantitative estimate of drug-likeness (QED) is 0.891. The Kier molecular flexibility index (Phi) is 3.04. The second-order valence-corrected chi connectivity index (χ2v) is 7.78. The van der Waals surface area contributed by atoms with E-state index in [9.17, 15) is 8.42 Å². The molecule has 0 spiro atoms. The van der Waals surface area contributed by atoms with E-state index in [0.29, 0.717) is 4.90 Å². The van der Waals surface area contributed by atoms with Crippen LogP contribution in [0.4, 0.5) is 0 Å². The van der Waals surface area contributed by atoms with Gasteiger partial charge in [-0.05, 0) is 50.8 Å². The lowest BCUT2D eigenvalue weighted by molar-refractivity contribution is 0.587. The third kappa shape index (κ3) is 2.69. The lowest BCUT2D eigenvalue weighted by Gasteiger charge is -2.11. The van der Waals surface area contributed by atoms with Crippen molar-refractivity contribution in [2.75, 3.05) is 0 Å². The highest BCUT2D eigenvalue weighted by atomic mass is 32.2. The first-order chi connectivity index (χ1) is 7.83. The Morgan fingerprint density at radius 1 is 1.24 bits per heavy atom. The molecule has 0 unspecified atom stereocenters. The Hall–Kier alpha value is -0.870. The lowest BCUT2D eigenvalue weighted by atomic mass is 10.1. The second-order valence-electron chi connectivity index (χ2n) is 5.28. The molecule has 1 aromatic rings. The summed E-state index contributed by atoms with van der Waals surface area (Å²) in [5, 5.41) is -0.377. The van der Waals surface area contributed by atoms with Crippen LogP contribution in [0.1, 0.15) is 32.3 Å². The molecule has 3 nitrogen and oxygen atoms in total. The highest BCUT2D eigenvalue weighted by Crippen LogP contribution is 2.35. The molecule has 2 rings (SSSR count). The maximum Gasteiger partial charge on any atom is 0.180 e. The average molecular weight is 253 g/mol. The molecule has 0 aliphatic heterocycles. The van der Waals surface area contributed by atoms with E-state index in [1.165, 1.54) is 0 Å². The average Bonchev–Trinajstić information content (AvgIpc) is 2.96. The van der Waals surface area contributed by atoms with Crippen LogP contribution >= 0.6 is 0 Å². The van der Waals surface area contributed by atoms with E-state index >= 15 is 0 Å². The summed E-state index contributed by atoms with van der Waals surface area (Å²) in [6, 6.07) is 7.14. The Morgan fingerprint density at radius 3 is 2.18 bits per heavy atom. The van der Waals surface area contributed by atoms with Crippen LogP contribution in [-0.2, 0) is 16.3 Å². The van der Waals surface area contributed by atoms with Gasteiger partial charge >= 0.3 is 0 Å². The second kappa shape index (κ2) is 4.10. The molecular weight excluding hydrogens is 234 g/mol. The number of benzene rings is 1. The van der Waals surface area contributed by atoms with Crippen molar-refractivity contribution in [2.45, 2.75) is 48.8 Å². The largest absolute Gasteiger partial charge is 0.325 e. The summed E-state index contributed by atoms with van der Waals surface area (Å²) in [6.07, 6.45) is 2.98. The maximum atomic E-state index is 11.9. The standard InChI is InChI=1S/C13H19NO2S/c1-10(2)17(15,16)12-5-3-11(4-6-12)9-13(14)7-8-13/h3-6,10H,7-9,14H2,1-2H3. The summed E-state index contributed by atoms with van der Waals surface area (Å²) in [5.74, 6) is 0. The van der Waals surface area contributed by atoms with Crippen LogP contribution in [0.25, 0.3) is 0 Å². The fourth-order valence-electron chi connectivity index (χ4n) is 1.81. The zero-order valence-corrected chi connectivity index (χ0v) is 11.1. The number of sulfone groups is 1. The first kappa shape index (κ1) is 12.6.